The van der Waals surface area contributed by atoms with Crippen LogP contribution in [0, 0.1) is 0 Å². The third-order valence-corrected chi connectivity index (χ3v) is 3.64. The molecule has 0 aliphatic rings. The van der Waals surface area contributed by atoms with Crippen LogP contribution in [0.3, 0.4) is 0 Å². The Balaban J connectivity index is 1.93. The molecule has 7 nitrogen and oxygen atoms in total. The summed E-state index contributed by atoms with van der Waals surface area (Å²) in [6, 6.07) is 13.5. The second-order valence-corrected chi connectivity index (χ2v) is 5.16. The molecule has 0 amide bonds. The van der Waals surface area contributed by atoms with Crippen molar-refractivity contribution in [2.45, 2.75) is 6.42 Å². The second-order valence-electron chi connectivity index (χ2n) is 5.16. The Hall–Kier alpha value is -3.35. The van der Waals surface area contributed by atoms with E-state index in [0.717, 1.165) is 11.3 Å². The number of hydrogen-bond donors (Lipinski definition) is 2. The summed E-state index contributed by atoms with van der Waals surface area (Å²) in [7, 11) is 1.60. The molecule has 2 aromatic carbocycles. The van der Waals surface area contributed by atoms with Crippen molar-refractivity contribution in [2.24, 2.45) is 0 Å². The fraction of sp³-hybridized carbons (Fsp3) is 0.118. The number of aromatic nitrogens is 3. The summed E-state index contributed by atoms with van der Waals surface area (Å²) >= 11 is 0. The lowest BCUT2D eigenvalue weighted by molar-refractivity contribution is 0.0697. The first kappa shape index (κ1) is 15.5. The third kappa shape index (κ3) is 3.05. The maximum absolute atomic E-state index is 12.1. The minimum absolute atomic E-state index is 0.159. The molecule has 0 aliphatic heterocycles. The molecule has 3 aromatic rings. The molecule has 24 heavy (non-hydrogen) atoms. The van der Waals surface area contributed by atoms with Gasteiger partial charge in [0, 0.05) is 6.42 Å². The number of benzene rings is 2. The summed E-state index contributed by atoms with van der Waals surface area (Å²) in [6.45, 7) is 0. The first-order chi connectivity index (χ1) is 11.6. The number of nitrogens with one attached hydrogen (secondary N) is 1. The van der Waals surface area contributed by atoms with Gasteiger partial charge in [0.2, 0.25) is 0 Å². The van der Waals surface area contributed by atoms with Gasteiger partial charge in [-0.3, -0.25) is 0 Å². The Morgan fingerprint density at radius 1 is 1.17 bits per heavy atom. The van der Waals surface area contributed by atoms with Gasteiger partial charge < -0.3 is 9.84 Å². The van der Waals surface area contributed by atoms with E-state index in [9.17, 15) is 9.59 Å². The van der Waals surface area contributed by atoms with Crippen LogP contribution in [0.15, 0.2) is 53.3 Å². The number of carboxylic acid groups (broad SMARTS) is 1. The number of carbonyl (C=O) groups is 1. The van der Waals surface area contributed by atoms with E-state index in [2.05, 4.69) is 10.2 Å². The third-order valence-electron chi connectivity index (χ3n) is 3.64. The summed E-state index contributed by atoms with van der Waals surface area (Å²) in [5.41, 5.74) is 1.31. The van der Waals surface area contributed by atoms with Crippen LogP contribution in [-0.2, 0) is 6.42 Å². The van der Waals surface area contributed by atoms with Gasteiger partial charge >= 0.3 is 11.7 Å². The highest BCUT2D eigenvalue weighted by molar-refractivity contribution is 5.87. The van der Waals surface area contributed by atoms with E-state index < -0.39 is 5.97 Å². The number of hydrogen-bond acceptors (Lipinski definition) is 4. The van der Waals surface area contributed by atoms with Crippen LogP contribution in [0.2, 0.25) is 0 Å². The van der Waals surface area contributed by atoms with Crippen LogP contribution >= 0.6 is 0 Å². The van der Waals surface area contributed by atoms with Gasteiger partial charge in [0.25, 0.3) is 0 Å². The maximum atomic E-state index is 12.1. The fourth-order valence-corrected chi connectivity index (χ4v) is 2.39. The second kappa shape index (κ2) is 6.41. The number of methoxy groups -OCH3 is 1. The molecule has 7 heteroatoms. The molecular formula is C17H15N3O4. The minimum atomic E-state index is -1.01. The summed E-state index contributed by atoms with van der Waals surface area (Å²) in [4.78, 5) is 23.0. The van der Waals surface area contributed by atoms with Crippen LogP contribution in [0.1, 0.15) is 21.7 Å². The van der Waals surface area contributed by atoms with E-state index >= 15 is 0 Å². The lowest BCUT2D eigenvalue weighted by atomic mass is 10.1. The summed E-state index contributed by atoms with van der Waals surface area (Å²) < 4.78 is 6.55. The maximum Gasteiger partial charge on any atom is 0.347 e. The summed E-state index contributed by atoms with van der Waals surface area (Å²) in [6.07, 6.45) is 0.448. The highest BCUT2D eigenvalue weighted by Crippen LogP contribution is 2.15. The normalized spacial score (nSPS) is 10.5. The van der Waals surface area contributed by atoms with Crippen molar-refractivity contribution in [1.29, 1.82) is 0 Å². The van der Waals surface area contributed by atoms with Crippen molar-refractivity contribution >= 4 is 5.97 Å². The van der Waals surface area contributed by atoms with Crippen LogP contribution < -0.4 is 10.4 Å². The van der Waals surface area contributed by atoms with Gasteiger partial charge in [0.15, 0.2) is 0 Å². The van der Waals surface area contributed by atoms with Crippen molar-refractivity contribution in [3.63, 3.8) is 0 Å². The van der Waals surface area contributed by atoms with Gasteiger partial charge in [-0.05, 0) is 42.0 Å². The van der Waals surface area contributed by atoms with E-state index in [1.165, 1.54) is 16.7 Å². The molecule has 3 rings (SSSR count). The Morgan fingerprint density at radius 3 is 2.42 bits per heavy atom. The van der Waals surface area contributed by atoms with E-state index in [0.29, 0.717) is 17.9 Å². The average molecular weight is 325 g/mol. The minimum Gasteiger partial charge on any atom is -0.497 e. The number of aromatic amines is 1. The Morgan fingerprint density at radius 2 is 1.83 bits per heavy atom. The van der Waals surface area contributed by atoms with E-state index in [1.54, 1.807) is 19.2 Å². The molecule has 2 N–H and O–H groups in total. The van der Waals surface area contributed by atoms with Crippen molar-refractivity contribution in [2.75, 3.05) is 7.11 Å². The van der Waals surface area contributed by atoms with E-state index in [1.807, 2.05) is 24.3 Å². The zero-order valence-electron chi connectivity index (χ0n) is 12.9. The average Bonchev–Trinajstić information content (AvgIpc) is 2.96. The predicted octanol–water partition coefficient (Wildman–Crippen LogP) is 1.86. The number of aromatic carboxylic acids is 1. The zero-order valence-corrected chi connectivity index (χ0v) is 12.9. The molecule has 0 bridgehead atoms. The summed E-state index contributed by atoms with van der Waals surface area (Å²) in [5.74, 6) is 0.273. The van der Waals surface area contributed by atoms with Crippen LogP contribution in [-0.4, -0.2) is 33.0 Å². The lowest BCUT2D eigenvalue weighted by Crippen LogP contribution is -2.17. The molecule has 0 saturated heterocycles. The molecule has 0 aliphatic carbocycles. The van der Waals surface area contributed by atoms with Crippen molar-refractivity contribution in [3.8, 4) is 11.4 Å². The van der Waals surface area contributed by atoms with Gasteiger partial charge in [-0.2, -0.15) is 5.10 Å². The van der Waals surface area contributed by atoms with Crippen LogP contribution in [0.25, 0.3) is 5.69 Å². The molecular weight excluding hydrogens is 310 g/mol. The van der Waals surface area contributed by atoms with Crippen molar-refractivity contribution in [1.82, 2.24) is 14.8 Å². The van der Waals surface area contributed by atoms with E-state index in [-0.39, 0.29) is 11.3 Å². The topological polar surface area (TPSA) is 97.2 Å². The number of carboxylic acids is 1. The first-order valence-corrected chi connectivity index (χ1v) is 7.21. The van der Waals surface area contributed by atoms with Crippen LogP contribution in [0.4, 0.5) is 0 Å². The smallest absolute Gasteiger partial charge is 0.347 e. The molecule has 0 unspecified atom stereocenters. The molecule has 1 aromatic heterocycles. The number of nitrogens with zero attached hydrogens (tertiary/aromatic N) is 2. The quantitative estimate of drug-likeness (QED) is 0.746. The van der Waals surface area contributed by atoms with Crippen LogP contribution in [0.5, 0.6) is 5.75 Å². The predicted molar refractivity (Wildman–Crippen MR) is 86.9 cm³/mol. The highest BCUT2D eigenvalue weighted by Gasteiger charge is 2.12. The number of rotatable bonds is 5. The zero-order chi connectivity index (χ0) is 17.1. The Labute approximate surface area is 137 Å². The van der Waals surface area contributed by atoms with Gasteiger partial charge in [-0.25, -0.2) is 19.3 Å². The lowest BCUT2D eigenvalue weighted by Gasteiger charge is -2.07. The van der Waals surface area contributed by atoms with Crippen molar-refractivity contribution in [3.05, 3.63) is 76.0 Å². The summed E-state index contributed by atoms with van der Waals surface area (Å²) in [5, 5.41) is 15.5. The molecule has 0 fully saturated rings. The molecule has 1 heterocycles. The molecule has 0 spiro atoms. The largest absolute Gasteiger partial charge is 0.497 e. The van der Waals surface area contributed by atoms with Gasteiger partial charge in [0.05, 0.1) is 18.4 Å². The molecule has 0 atom stereocenters. The fourth-order valence-electron chi connectivity index (χ4n) is 2.39. The molecule has 0 saturated carbocycles. The van der Waals surface area contributed by atoms with Gasteiger partial charge in [-0.15, -0.1) is 0 Å². The van der Waals surface area contributed by atoms with Gasteiger partial charge in [0.1, 0.15) is 11.6 Å². The van der Waals surface area contributed by atoms with Gasteiger partial charge in [-0.1, -0.05) is 12.1 Å². The Kier molecular flexibility index (Phi) is 4.15. The SMILES string of the molecule is COc1ccc(Cc2n[nH]c(=O)n2-c2ccc(C(=O)O)cc2)cc1. The number of ether oxygens (including phenoxy) is 1. The number of H-pyrrole nitrogens is 1. The van der Waals surface area contributed by atoms with Crippen molar-refractivity contribution < 1.29 is 14.6 Å². The standard InChI is InChI=1S/C17H15N3O4/c1-24-14-8-2-11(3-9-14)10-15-18-19-17(23)20(15)13-6-4-12(5-7-13)16(21)22/h2-9H,10H2,1H3,(H,19,23)(H,21,22). The van der Waals surface area contributed by atoms with E-state index in [4.69, 9.17) is 9.84 Å². The first-order valence-electron chi connectivity index (χ1n) is 7.21. The monoisotopic (exact) mass is 325 g/mol. The molecule has 0 radical (unpaired) electrons. The highest BCUT2D eigenvalue weighted by atomic mass is 16.5. The molecule has 122 valence electrons. The Bertz CT molecular complexity index is 908.